The van der Waals surface area contributed by atoms with Crippen molar-refractivity contribution in [1.29, 1.82) is 0 Å². The van der Waals surface area contributed by atoms with Gasteiger partial charge in [0.15, 0.2) is 0 Å². The van der Waals surface area contributed by atoms with Gasteiger partial charge in [0.1, 0.15) is 11.5 Å². The number of aliphatic hydroxyl groups excluding tert-OH is 1. The molecular formula is C23H33FN6O4. The number of fused-ring (bicyclic) bond motifs is 2. The zero-order chi connectivity index (χ0) is 24.7. The lowest BCUT2D eigenvalue weighted by molar-refractivity contribution is -0.136. The van der Waals surface area contributed by atoms with E-state index in [4.69, 9.17) is 4.74 Å². The molecule has 2 bridgehead atoms. The summed E-state index contributed by atoms with van der Waals surface area (Å²) in [7, 11) is 1.60. The Balaban J connectivity index is 1.76. The van der Waals surface area contributed by atoms with Gasteiger partial charge in [0.05, 0.1) is 37.2 Å². The number of ether oxygens (including phenoxy) is 1. The summed E-state index contributed by atoms with van der Waals surface area (Å²) in [6.45, 7) is 4.90. The summed E-state index contributed by atoms with van der Waals surface area (Å²) in [4.78, 5) is 28.7. The maximum atomic E-state index is 14.0. The van der Waals surface area contributed by atoms with E-state index >= 15 is 0 Å². The van der Waals surface area contributed by atoms with E-state index in [-0.39, 0.29) is 43.3 Å². The molecule has 0 fully saturated rings. The van der Waals surface area contributed by atoms with Gasteiger partial charge in [-0.05, 0) is 25.5 Å². The second kappa shape index (κ2) is 11.9. The second-order valence-electron chi connectivity index (χ2n) is 8.77. The summed E-state index contributed by atoms with van der Waals surface area (Å²) in [5, 5.41) is 20.5. The molecule has 0 unspecified atom stereocenters. The molecule has 34 heavy (non-hydrogen) atoms. The summed E-state index contributed by atoms with van der Waals surface area (Å²) < 4.78 is 21.8. The molecule has 0 saturated heterocycles. The van der Waals surface area contributed by atoms with Crippen molar-refractivity contribution in [3.63, 3.8) is 0 Å². The van der Waals surface area contributed by atoms with Crippen LogP contribution in [0.5, 0.6) is 0 Å². The smallest absolute Gasteiger partial charge is 0.321 e. The molecule has 0 spiro atoms. The van der Waals surface area contributed by atoms with Crippen molar-refractivity contribution in [1.82, 2.24) is 24.8 Å². The number of likely N-dealkylation sites (N-methyl/N-ethyl adjacent to an activating group) is 1. The zero-order valence-electron chi connectivity index (χ0n) is 19.9. The van der Waals surface area contributed by atoms with Gasteiger partial charge in [-0.15, -0.1) is 5.10 Å². The number of rotatable bonds is 5. The molecular weight excluding hydrogens is 443 g/mol. The highest BCUT2D eigenvalue weighted by Crippen LogP contribution is 2.18. The van der Waals surface area contributed by atoms with Crippen LogP contribution in [0, 0.1) is 11.7 Å². The van der Waals surface area contributed by atoms with Crippen LogP contribution in [-0.2, 0) is 22.7 Å². The molecule has 1 aliphatic rings. The lowest BCUT2D eigenvalue weighted by atomic mass is 10.0. The van der Waals surface area contributed by atoms with E-state index in [2.05, 4.69) is 15.6 Å². The number of hydrogen-bond donors (Lipinski definition) is 2. The van der Waals surface area contributed by atoms with E-state index in [0.29, 0.717) is 31.6 Å². The van der Waals surface area contributed by atoms with Gasteiger partial charge in [0.2, 0.25) is 5.91 Å². The standard InChI is InChI=1S/C23H33FN6O4/c1-16-11-30(17(2)14-31)22(32)9-6-10-29-12-18(26-27-29)15-34-21(16)13-28(3)23(33)25-20-8-5-4-7-19(20)24/h4-5,7-8,12,16-17,21,31H,6,9-11,13-15H2,1-3H3,(H,25,33)/t16-,17+,21+/m0/s1. The van der Waals surface area contributed by atoms with Gasteiger partial charge in [0, 0.05) is 39.0 Å². The summed E-state index contributed by atoms with van der Waals surface area (Å²) in [6, 6.07) is 5.13. The maximum Gasteiger partial charge on any atom is 0.321 e. The van der Waals surface area contributed by atoms with E-state index in [1.54, 1.807) is 41.9 Å². The number of para-hydroxylation sites is 1. The molecule has 1 aromatic heterocycles. The fourth-order valence-corrected chi connectivity index (χ4v) is 3.82. The Morgan fingerprint density at radius 1 is 1.41 bits per heavy atom. The number of benzene rings is 1. The number of aliphatic hydroxyl groups is 1. The maximum absolute atomic E-state index is 14.0. The quantitative estimate of drug-likeness (QED) is 0.684. The molecule has 10 nitrogen and oxygen atoms in total. The van der Waals surface area contributed by atoms with Crippen molar-refractivity contribution in [2.75, 3.05) is 32.1 Å². The number of hydrogen-bond acceptors (Lipinski definition) is 6. The van der Waals surface area contributed by atoms with E-state index in [1.807, 2.05) is 6.92 Å². The highest BCUT2D eigenvalue weighted by atomic mass is 19.1. The van der Waals surface area contributed by atoms with Crippen LogP contribution in [0.3, 0.4) is 0 Å². The number of halogens is 1. The molecule has 1 aromatic carbocycles. The highest BCUT2D eigenvalue weighted by molar-refractivity contribution is 5.89. The number of carbonyl (C=O) groups is 2. The first-order valence-electron chi connectivity index (χ1n) is 11.5. The molecule has 2 heterocycles. The number of amides is 3. The van der Waals surface area contributed by atoms with Crippen LogP contribution in [0.1, 0.15) is 32.4 Å². The van der Waals surface area contributed by atoms with E-state index in [1.165, 1.54) is 17.0 Å². The van der Waals surface area contributed by atoms with Gasteiger partial charge >= 0.3 is 6.03 Å². The van der Waals surface area contributed by atoms with E-state index in [0.717, 1.165) is 0 Å². The number of aromatic nitrogens is 3. The monoisotopic (exact) mass is 476 g/mol. The fourth-order valence-electron chi connectivity index (χ4n) is 3.82. The predicted octanol–water partition coefficient (Wildman–Crippen LogP) is 2.11. The fraction of sp³-hybridized carbons (Fsp3) is 0.565. The first-order chi connectivity index (χ1) is 16.3. The Bertz CT molecular complexity index is 970. The number of urea groups is 1. The molecule has 3 atom stereocenters. The first kappa shape index (κ1) is 25.6. The Kier molecular flexibility index (Phi) is 8.94. The van der Waals surface area contributed by atoms with Crippen LogP contribution in [-0.4, -0.2) is 80.7 Å². The largest absolute Gasteiger partial charge is 0.394 e. The van der Waals surface area contributed by atoms with Crippen molar-refractivity contribution in [2.45, 2.75) is 52.0 Å². The van der Waals surface area contributed by atoms with Crippen molar-refractivity contribution in [3.05, 3.63) is 42.0 Å². The molecule has 3 rings (SSSR count). The van der Waals surface area contributed by atoms with Crippen molar-refractivity contribution >= 4 is 17.6 Å². The third-order valence-electron chi connectivity index (χ3n) is 5.96. The van der Waals surface area contributed by atoms with Gasteiger partial charge in [-0.2, -0.15) is 0 Å². The minimum Gasteiger partial charge on any atom is -0.394 e. The Hall–Kier alpha value is -3.05. The van der Waals surface area contributed by atoms with E-state index < -0.39 is 18.0 Å². The van der Waals surface area contributed by atoms with Gasteiger partial charge in [0.25, 0.3) is 0 Å². The van der Waals surface area contributed by atoms with Crippen LogP contribution < -0.4 is 5.32 Å². The van der Waals surface area contributed by atoms with Crippen LogP contribution in [0.25, 0.3) is 0 Å². The molecule has 1 aliphatic heterocycles. The van der Waals surface area contributed by atoms with E-state index in [9.17, 15) is 19.1 Å². The van der Waals surface area contributed by atoms with Crippen LogP contribution >= 0.6 is 0 Å². The lowest BCUT2D eigenvalue weighted by Crippen LogP contribution is -2.48. The molecule has 2 N–H and O–H groups in total. The molecule has 11 heteroatoms. The molecule has 0 saturated carbocycles. The minimum atomic E-state index is -0.522. The highest BCUT2D eigenvalue weighted by Gasteiger charge is 2.29. The number of carbonyl (C=O) groups excluding carboxylic acids is 2. The number of anilines is 1. The minimum absolute atomic E-state index is 0.0580. The Morgan fingerprint density at radius 2 is 2.18 bits per heavy atom. The predicted molar refractivity (Wildman–Crippen MR) is 123 cm³/mol. The number of nitrogens with one attached hydrogen (secondary N) is 1. The molecule has 0 aliphatic carbocycles. The second-order valence-corrected chi connectivity index (χ2v) is 8.77. The lowest BCUT2D eigenvalue weighted by Gasteiger charge is -2.35. The van der Waals surface area contributed by atoms with Gasteiger partial charge in [-0.1, -0.05) is 24.3 Å². The third kappa shape index (κ3) is 6.73. The summed E-state index contributed by atoms with van der Waals surface area (Å²) in [6.07, 6.45) is 2.26. The van der Waals surface area contributed by atoms with Crippen molar-refractivity contribution < 1.29 is 23.8 Å². The zero-order valence-corrected chi connectivity index (χ0v) is 19.9. The topological polar surface area (TPSA) is 113 Å². The molecule has 186 valence electrons. The van der Waals surface area contributed by atoms with Gasteiger partial charge in [-0.25, -0.2) is 9.18 Å². The molecule has 0 radical (unpaired) electrons. The summed E-state index contributed by atoms with van der Waals surface area (Å²) in [5.41, 5.74) is 0.746. The SMILES string of the molecule is C[C@H](CO)N1C[C@H](C)[C@@H](CN(C)C(=O)Nc2ccccc2F)OCc2cn(nn2)CCCC1=O. The molecule has 2 aromatic rings. The normalized spacial score (nSPS) is 20.6. The number of aryl methyl sites for hydroxylation is 1. The van der Waals surface area contributed by atoms with Gasteiger partial charge in [-0.3, -0.25) is 9.48 Å². The Morgan fingerprint density at radius 3 is 2.91 bits per heavy atom. The average molecular weight is 477 g/mol. The first-order valence-corrected chi connectivity index (χ1v) is 11.5. The van der Waals surface area contributed by atoms with Crippen LogP contribution in [0.2, 0.25) is 0 Å². The number of nitrogens with zero attached hydrogens (tertiary/aromatic N) is 5. The molecule has 3 amide bonds. The van der Waals surface area contributed by atoms with Crippen LogP contribution in [0.4, 0.5) is 14.9 Å². The third-order valence-corrected chi connectivity index (χ3v) is 5.96. The van der Waals surface area contributed by atoms with Gasteiger partial charge < -0.3 is 25.0 Å². The van der Waals surface area contributed by atoms with Crippen molar-refractivity contribution in [2.24, 2.45) is 5.92 Å². The summed E-state index contributed by atoms with van der Waals surface area (Å²) >= 11 is 0. The summed E-state index contributed by atoms with van der Waals surface area (Å²) in [5.74, 6) is -0.749. The van der Waals surface area contributed by atoms with Crippen molar-refractivity contribution in [3.8, 4) is 0 Å². The average Bonchev–Trinajstić information content (AvgIpc) is 3.27. The Labute approximate surface area is 198 Å². The van der Waals surface area contributed by atoms with Crippen LogP contribution in [0.15, 0.2) is 30.5 Å².